The summed E-state index contributed by atoms with van der Waals surface area (Å²) >= 11 is 0. The number of halogens is 1. The summed E-state index contributed by atoms with van der Waals surface area (Å²) in [6.07, 6.45) is 0.848. The molecule has 2 aromatic rings. The van der Waals surface area contributed by atoms with Crippen molar-refractivity contribution in [2.24, 2.45) is 0 Å². The topological polar surface area (TPSA) is 109 Å². The second kappa shape index (κ2) is 8.19. The van der Waals surface area contributed by atoms with Crippen molar-refractivity contribution < 1.29 is 9.18 Å². The van der Waals surface area contributed by atoms with Crippen LogP contribution in [0.25, 0.3) is 11.4 Å². The van der Waals surface area contributed by atoms with E-state index in [0.29, 0.717) is 17.9 Å². The van der Waals surface area contributed by atoms with E-state index < -0.39 is 11.8 Å². The molecule has 132 valence electrons. The van der Waals surface area contributed by atoms with Gasteiger partial charge in [0.05, 0.1) is 24.1 Å². The number of urea groups is 1. The van der Waals surface area contributed by atoms with Gasteiger partial charge >= 0.3 is 6.03 Å². The van der Waals surface area contributed by atoms with Gasteiger partial charge < -0.3 is 10.6 Å². The van der Waals surface area contributed by atoms with E-state index in [4.69, 9.17) is 5.26 Å². The van der Waals surface area contributed by atoms with E-state index in [0.717, 1.165) is 0 Å². The minimum Gasteiger partial charge on any atom is -0.334 e. The predicted molar refractivity (Wildman–Crippen MR) is 90.1 cm³/mol. The number of anilines is 1. The molecule has 2 N–H and O–H groups in total. The van der Waals surface area contributed by atoms with Gasteiger partial charge in [-0.3, -0.25) is 0 Å². The molecule has 1 aromatic carbocycles. The third kappa shape index (κ3) is 4.50. The number of nitrogens with one attached hydrogen (secondary N) is 2. The second-order valence-corrected chi connectivity index (χ2v) is 5.80. The summed E-state index contributed by atoms with van der Waals surface area (Å²) in [5.74, 6) is -0.220. The van der Waals surface area contributed by atoms with Crippen LogP contribution < -0.4 is 10.6 Å². The summed E-state index contributed by atoms with van der Waals surface area (Å²) < 4.78 is 16.0. The highest BCUT2D eigenvalue weighted by atomic mass is 19.1. The Morgan fingerprint density at radius 2 is 2.20 bits per heavy atom. The van der Waals surface area contributed by atoms with E-state index in [9.17, 15) is 9.18 Å². The van der Waals surface area contributed by atoms with Crippen LogP contribution in [0.2, 0.25) is 0 Å². The van der Waals surface area contributed by atoms with E-state index in [1.165, 1.54) is 16.8 Å². The van der Waals surface area contributed by atoms with Gasteiger partial charge in [0.1, 0.15) is 5.82 Å². The molecule has 0 saturated heterocycles. The molecule has 0 aliphatic heterocycles. The fourth-order valence-electron chi connectivity index (χ4n) is 2.25. The zero-order chi connectivity index (χ0) is 18.4. The molecule has 0 aliphatic carbocycles. The Bertz CT molecular complexity index is 781. The number of benzene rings is 1. The van der Waals surface area contributed by atoms with Crippen molar-refractivity contribution in [3.05, 3.63) is 24.0 Å². The minimum absolute atomic E-state index is 0.0147. The molecule has 9 heteroatoms. The predicted octanol–water partition coefficient (Wildman–Crippen LogP) is 2.87. The highest BCUT2D eigenvalue weighted by Gasteiger charge is 2.16. The lowest BCUT2D eigenvalue weighted by Crippen LogP contribution is -2.37. The lowest BCUT2D eigenvalue weighted by atomic mass is 10.1. The first-order chi connectivity index (χ1) is 12.0. The van der Waals surface area contributed by atoms with Gasteiger partial charge in [0.25, 0.3) is 0 Å². The largest absolute Gasteiger partial charge is 0.334 e. The van der Waals surface area contributed by atoms with Crippen molar-refractivity contribution in [3.63, 3.8) is 0 Å². The Hall–Kier alpha value is -3.02. The molecule has 0 fully saturated rings. The molecule has 0 bridgehead atoms. The summed E-state index contributed by atoms with van der Waals surface area (Å²) in [7, 11) is 0. The summed E-state index contributed by atoms with van der Waals surface area (Å²) in [6.45, 7) is 5.66. The van der Waals surface area contributed by atoms with Gasteiger partial charge in [-0.05, 0) is 48.9 Å². The van der Waals surface area contributed by atoms with Gasteiger partial charge in [0.15, 0.2) is 5.82 Å². The molecule has 0 saturated carbocycles. The fraction of sp³-hybridized carbons (Fsp3) is 0.438. The number of nitrogens with zero attached hydrogens (tertiary/aromatic N) is 5. The number of hydrogen-bond acceptors (Lipinski definition) is 5. The third-order valence-corrected chi connectivity index (χ3v) is 3.62. The average molecular weight is 345 g/mol. The average Bonchev–Trinajstić information content (AvgIpc) is 3.04. The number of aromatic nitrogens is 4. The van der Waals surface area contributed by atoms with Crippen LogP contribution in [0.15, 0.2) is 18.2 Å². The Morgan fingerprint density at radius 3 is 2.80 bits per heavy atom. The van der Waals surface area contributed by atoms with E-state index in [2.05, 4.69) is 26.2 Å². The van der Waals surface area contributed by atoms with Crippen LogP contribution in [0.1, 0.15) is 39.7 Å². The van der Waals surface area contributed by atoms with E-state index in [1.54, 1.807) is 6.07 Å². The maximum absolute atomic E-state index is 14.4. The van der Waals surface area contributed by atoms with Crippen LogP contribution in [0, 0.1) is 17.1 Å². The highest BCUT2D eigenvalue weighted by Crippen LogP contribution is 2.24. The Kier molecular flexibility index (Phi) is 6.00. The number of hydrogen-bond donors (Lipinski definition) is 2. The first-order valence-corrected chi connectivity index (χ1v) is 7.98. The molecule has 0 unspecified atom stereocenters. The summed E-state index contributed by atoms with van der Waals surface area (Å²) in [6, 6.07) is 5.56. The number of nitriles is 1. The van der Waals surface area contributed by atoms with Gasteiger partial charge in [-0.1, -0.05) is 6.92 Å². The van der Waals surface area contributed by atoms with Crippen LogP contribution in [0.5, 0.6) is 0 Å². The van der Waals surface area contributed by atoms with Crippen molar-refractivity contribution in [1.82, 2.24) is 25.5 Å². The zero-order valence-electron chi connectivity index (χ0n) is 14.3. The lowest BCUT2D eigenvalue weighted by Gasteiger charge is -2.15. The molecule has 1 heterocycles. The molecular formula is C16H20FN7O. The van der Waals surface area contributed by atoms with Gasteiger partial charge in [0, 0.05) is 11.7 Å². The standard InChI is InChI=1S/C16H20FN7O/c1-4-11(7-8-18)19-16(25)20-12-5-6-13(14(17)9-12)15-21-22-23-24(15)10(2)3/h5-6,9-11H,4,7H2,1-3H3,(H2,19,20,25)/t11-/m1/s1. The molecule has 25 heavy (non-hydrogen) atoms. The van der Waals surface area contributed by atoms with E-state index in [1.807, 2.05) is 26.8 Å². The van der Waals surface area contributed by atoms with Crippen molar-refractivity contribution in [2.45, 2.75) is 45.7 Å². The van der Waals surface area contributed by atoms with Crippen LogP contribution in [0.4, 0.5) is 14.9 Å². The summed E-state index contributed by atoms with van der Waals surface area (Å²) in [4.78, 5) is 11.9. The Morgan fingerprint density at radius 1 is 1.44 bits per heavy atom. The molecule has 1 aromatic heterocycles. The molecule has 8 nitrogen and oxygen atoms in total. The first-order valence-electron chi connectivity index (χ1n) is 7.98. The Balaban J connectivity index is 2.13. The molecule has 0 aliphatic rings. The highest BCUT2D eigenvalue weighted by molar-refractivity contribution is 5.89. The van der Waals surface area contributed by atoms with Gasteiger partial charge in [-0.2, -0.15) is 5.26 Å². The van der Waals surface area contributed by atoms with Crippen LogP contribution in [0.3, 0.4) is 0 Å². The van der Waals surface area contributed by atoms with Gasteiger partial charge in [-0.15, -0.1) is 5.10 Å². The number of rotatable bonds is 6. The van der Waals surface area contributed by atoms with Crippen molar-refractivity contribution >= 4 is 11.7 Å². The monoisotopic (exact) mass is 345 g/mol. The molecule has 1 atom stereocenters. The van der Waals surface area contributed by atoms with Crippen molar-refractivity contribution in [2.75, 3.05) is 5.32 Å². The number of carbonyl (C=O) groups is 1. The van der Waals surface area contributed by atoms with E-state index >= 15 is 0 Å². The van der Waals surface area contributed by atoms with Crippen molar-refractivity contribution in [1.29, 1.82) is 5.26 Å². The van der Waals surface area contributed by atoms with Crippen LogP contribution in [-0.4, -0.2) is 32.3 Å². The van der Waals surface area contributed by atoms with Gasteiger partial charge in [-0.25, -0.2) is 13.9 Å². The minimum atomic E-state index is -0.543. The fourth-order valence-corrected chi connectivity index (χ4v) is 2.25. The second-order valence-electron chi connectivity index (χ2n) is 5.80. The SMILES string of the molecule is CC[C@H](CC#N)NC(=O)Nc1ccc(-c2nnnn2C(C)C)c(F)c1. The van der Waals surface area contributed by atoms with Crippen LogP contribution >= 0.6 is 0 Å². The maximum atomic E-state index is 14.4. The third-order valence-electron chi connectivity index (χ3n) is 3.62. The number of carbonyl (C=O) groups excluding carboxylic acids is 1. The first kappa shape index (κ1) is 18.3. The number of amides is 2. The molecule has 0 spiro atoms. The van der Waals surface area contributed by atoms with Crippen molar-refractivity contribution in [3.8, 4) is 17.5 Å². The lowest BCUT2D eigenvalue weighted by molar-refractivity contribution is 0.248. The molecule has 0 radical (unpaired) electrons. The maximum Gasteiger partial charge on any atom is 0.319 e. The quantitative estimate of drug-likeness (QED) is 0.837. The molecule has 2 rings (SSSR count). The summed E-state index contributed by atoms with van der Waals surface area (Å²) in [5.41, 5.74) is 0.551. The number of tetrazole rings is 1. The zero-order valence-corrected chi connectivity index (χ0v) is 14.3. The molecular weight excluding hydrogens is 325 g/mol. The summed E-state index contributed by atoms with van der Waals surface area (Å²) in [5, 5.41) is 25.2. The van der Waals surface area contributed by atoms with E-state index in [-0.39, 0.29) is 24.1 Å². The van der Waals surface area contributed by atoms with Crippen LogP contribution in [-0.2, 0) is 0 Å². The van der Waals surface area contributed by atoms with Gasteiger partial charge in [0.2, 0.25) is 0 Å². The Labute approximate surface area is 145 Å². The molecule has 2 amide bonds. The smallest absolute Gasteiger partial charge is 0.319 e. The normalized spacial score (nSPS) is 11.8.